The Bertz CT molecular complexity index is 929. The molecule has 1 amide bonds. The van der Waals surface area contributed by atoms with Crippen molar-refractivity contribution in [1.29, 1.82) is 0 Å². The molecule has 6 heteroatoms. The van der Waals surface area contributed by atoms with Crippen LogP contribution in [0.25, 0.3) is 0 Å². The predicted molar refractivity (Wildman–Crippen MR) is 116 cm³/mol. The zero-order valence-corrected chi connectivity index (χ0v) is 18.2. The van der Waals surface area contributed by atoms with E-state index in [0.29, 0.717) is 5.56 Å². The summed E-state index contributed by atoms with van der Waals surface area (Å²) >= 11 is 0. The summed E-state index contributed by atoms with van der Waals surface area (Å²) in [5.74, 6) is 0.685. The van der Waals surface area contributed by atoms with Crippen LogP contribution in [0, 0.1) is 5.92 Å². The van der Waals surface area contributed by atoms with E-state index < -0.39 is 9.84 Å². The molecule has 3 rings (SSSR count). The van der Waals surface area contributed by atoms with Crippen molar-refractivity contribution in [3.63, 3.8) is 0 Å². The minimum Gasteiger partial charge on any atom is -0.346 e. The smallest absolute Gasteiger partial charge is 0.251 e. The second-order valence-corrected chi connectivity index (χ2v) is 10.2. The molecule has 0 radical (unpaired) electrons. The number of hydrogen-bond acceptors (Lipinski definition) is 4. The number of nitrogens with zero attached hydrogens (tertiary/aromatic N) is 1. The van der Waals surface area contributed by atoms with E-state index in [-0.39, 0.29) is 16.8 Å². The molecule has 29 heavy (non-hydrogen) atoms. The molecule has 1 aliphatic rings. The lowest BCUT2D eigenvalue weighted by Gasteiger charge is -2.30. The molecule has 1 fully saturated rings. The fraction of sp³-hybridized carbons (Fsp3) is 0.435. The zero-order valence-electron chi connectivity index (χ0n) is 17.4. The van der Waals surface area contributed by atoms with Gasteiger partial charge in [0.15, 0.2) is 9.84 Å². The Morgan fingerprint density at radius 1 is 1.07 bits per heavy atom. The first-order valence-corrected chi connectivity index (χ1v) is 12.0. The second-order valence-electron chi connectivity index (χ2n) is 8.19. The number of carbonyl (C=O) groups is 1. The summed E-state index contributed by atoms with van der Waals surface area (Å²) < 4.78 is 23.1. The monoisotopic (exact) mass is 414 g/mol. The number of sulfone groups is 1. The van der Waals surface area contributed by atoms with Crippen LogP contribution in [0.1, 0.15) is 54.2 Å². The number of piperidine rings is 1. The van der Waals surface area contributed by atoms with Gasteiger partial charge in [-0.1, -0.05) is 31.2 Å². The molecule has 0 aromatic heterocycles. The van der Waals surface area contributed by atoms with Crippen LogP contribution >= 0.6 is 0 Å². The molecule has 1 saturated heterocycles. The van der Waals surface area contributed by atoms with Gasteiger partial charge in [0.05, 0.1) is 10.9 Å². The molecule has 0 bridgehead atoms. The van der Waals surface area contributed by atoms with Gasteiger partial charge in [-0.15, -0.1) is 0 Å². The fourth-order valence-corrected chi connectivity index (χ4v) is 4.24. The quantitative estimate of drug-likeness (QED) is 0.780. The Kier molecular flexibility index (Phi) is 6.75. The molecule has 156 valence electrons. The summed E-state index contributed by atoms with van der Waals surface area (Å²) in [4.78, 5) is 15.3. The normalized spacial score (nSPS) is 17.1. The first-order valence-electron chi connectivity index (χ1n) is 10.1. The first-order chi connectivity index (χ1) is 13.7. The van der Waals surface area contributed by atoms with Gasteiger partial charge >= 0.3 is 0 Å². The SMILES string of the molecule is CC1CCN(Cc2ccc(C(=O)NC(C)c3ccc(S(C)(=O)=O)cc3)cc2)CC1. The highest BCUT2D eigenvalue weighted by atomic mass is 32.2. The van der Waals surface area contributed by atoms with Crippen molar-refractivity contribution in [3.8, 4) is 0 Å². The maximum absolute atomic E-state index is 12.6. The summed E-state index contributed by atoms with van der Waals surface area (Å²) in [5, 5.41) is 2.98. The van der Waals surface area contributed by atoms with E-state index in [2.05, 4.69) is 17.1 Å². The van der Waals surface area contributed by atoms with E-state index in [0.717, 1.165) is 31.1 Å². The van der Waals surface area contributed by atoms with Crippen molar-refractivity contribution in [2.75, 3.05) is 19.3 Å². The predicted octanol–water partition coefficient (Wildman–Crippen LogP) is 3.81. The molecule has 0 spiro atoms. The molecular formula is C23H30N2O3S. The second kappa shape index (κ2) is 9.09. The number of likely N-dealkylation sites (tertiary alicyclic amines) is 1. The number of benzene rings is 2. The van der Waals surface area contributed by atoms with Crippen LogP contribution in [0.15, 0.2) is 53.4 Å². The average Bonchev–Trinajstić information content (AvgIpc) is 2.69. The van der Waals surface area contributed by atoms with Crippen LogP contribution < -0.4 is 5.32 Å². The van der Waals surface area contributed by atoms with Gasteiger partial charge in [0.1, 0.15) is 0 Å². The lowest BCUT2D eigenvalue weighted by Crippen LogP contribution is -2.32. The van der Waals surface area contributed by atoms with Gasteiger partial charge in [-0.2, -0.15) is 0 Å². The molecule has 0 aliphatic carbocycles. The third-order valence-electron chi connectivity index (χ3n) is 5.65. The number of rotatable bonds is 6. The standard InChI is InChI=1S/C23H30N2O3S/c1-17-12-14-25(15-13-17)16-19-4-6-21(7-5-19)23(26)24-18(2)20-8-10-22(11-9-20)29(3,27)28/h4-11,17-18H,12-16H2,1-3H3,(H,24,26). The van der Waals surface area contributed by atoms with Crippen molar-refractivity contribution < 1.29 is 13.2 Å². The van der Waals surface area contributed by atoms with E-state index in [9.17, 15) is 13.2 Å². The highest BCUT2D eigenvalue weighted by Gasteiger charge is 2.16. The molecule has 2 aromatic carbocycles. The van der Waals surface area contributed by atoms with Crippen LogP contribution in [-0.2, 0) is 16.4 Å². The molecule has 1 unspecified atom stereocenters. The highest BCUT2D eigenvalue weighted by molar-refractivity contribution is 7.90. The van der Waals surface area contributed by atoms with Gasteiger partial charge in [0.25, 0.3) is 5.91 Å². The van der Waals surface area contributed by atoms with Gasteiger partial charge in [-0.25, -0.2) is 8.42 Å². The fourth-order valence-electron chi connectivity index (χ4n) is 3.61. The van der Waals surface area contributed by atoms with Crippen molar-refractivity contribution >= 4 is 15.7 Å². The molecule has 1 aliphatic heterocycles. The lowest BCUT2D eigenvalue weighted by atomic mass is 9.99. The lowest BCUT2D eigenvalue weighted by molar-refractivity contribution is 0.0940. The Morgan fingerprint density at radius 2 is 1.66 bits per heavy atom. The summed E-state index contributed by atoms with van der Waals surface area (Å²) in [6.07, 6.45) is 3.69. The van der Waals surface area contributed by atoms with Crippen LogP contribution in [0.3, 0.4) is 0 Å². The number of carbonyl (C=O) groups excluding carboxylic acids is 1. The molecule has 1 N–H and O–H groups in total. The van der Waals surface area contributed by atoms with E-state index in [4.69, 9.17) is 0 Å². The van der Waals surface area contributed by atoms with Crippen molar-refractivity contribution in [3.05, 3.63) is 65.2 Å². The Morgan fingerprint density at radius 3 is 2.21 bits per heavy atom. The number of nitrogens with one attached hydrogen (secondary N) is 1. The van der Waals surface area contributed by atoms with Crippen molar-refractivity contribution in [2.45, 2.75) is 44.2 Å². The van der Waals surface area contributed by atoms with Crippen molar-refractivity contribution in [2.24, 2.45) is 5.92 Å². The summed E-state index contributed by atoms with van der Waals surface area (Å²) in [7, 11) is -3.22. The van der Waals surface area contributed by atoms with E-state index >= 15 is 0 Å². The summed E-state index contributed by atoms with van der Waals surface area (Å²) in [5.41, 5.74) is 2.71. The Hall–Kier alpha value is -2.18. The molecule has 1 atom stereocenters. The first kappa shape index (κ1) is 21.5. The van der Waals surface area contributed by atoms with Gasteiger partial charge in [-0.3, -0.25) is 9.69 Å². The maximum atomic E-state index is 12.6. The van der Waals surface area contributed by atoms with E-state index in [1.807, 2.05) is 31.2 Å². The zero-order chi connectivity index (χ0) is 21.0. The Labute approximate surface area is 174 Å². The van der Waals surface area contributed by atoms with E-state index in [1.54, 1.807) is 24.3 Å². The molecular weight excluding hydrogens is 384 g/mol. The van der Waals surface area contributed by atoms with E-state index in [1.165, 1.54) is 24.7 Å². The molecule has 1 heterocycles. The third-order valence-corrected chi connectivity index (χ3v) is 6.78. The van der Waals surface area contributed by atoms with Crippen molar-refractivity contribution in [1.82, 2.24) is 10.2 Å². The van der Waals surface area contributed by atoms with Gasteiger partial charge < -0.3 is 5.32 Å². The summed E-state index contributed by atoms with van der Waals surface area (Å²) in [6, 6.07) is 14.2. The van der Waals surface area contributed by atoms with Gasteiger partial charge in [0.2, 0.25) is 0 Å². The third kappa shape index (κ3) is 5.90. The highest BCUT2D eigenvalue weighted by Crippen LogP contribution is 2.19. The number of hydrogen-bond donors (Lipinski definition) is 1. The topological polar surface area (TPSA) is 66.5 Å². The summed E-state index contributed by atoms with van der Waals surface area (Å²) in [6.45, 7) is 7.40. The molecule has 5 nitrogen and oxygen atoms in total. The Balaban J connectivity index is 1.57. The largest absolute Gasteiger partial charge is 0.346 e. The number of amides is 1. The van der Waals surface area contributed by atoms with Gasteiger partial charge in [0, 0.05) is 18.4 Å². The van der Waals surface area contributed by atoms with Crippen LogP contribution in [0.2, 0.25) is 0 Å². The molecule has 2 aromatic rings. The van der Waals surface area contributed by atoms with Crippen LogP contribution in [-0.4, -0.2) is 38.6 Å². The maximum Gasteiger partial charge on any atom is 0.251 e. The minimum atomic E-state index is -3.22. The van der Waals surface area contributed by atoms with Crippen LogP contribution in [0.5, 0.6) is 0 Å². The average molecular weight is 415 g/mol. The van der Waals surface area contributed by atoms with Gasteiger partial charge in [-0.05, 0) is 74.2 Å². The minimum absolute atomic E-state index is 0.136. The molecule has 0 saturated carbocycles. The van der Waals surface area contributed by atoms with Crippen LogP contribution in [0.4, 0.5) is 0 Å².